The largest absolute Gasteiger partial charge is 0.369 e. The quantitative estimate of drug-likeness (QED) is 0.535. The molecule has 2 fully saturated rings. The Hall–Kier alpha value is -2.98. The number of pyridine rings is 1. The van der Waals surface area contributed by atoms with Crippen LogP contribution in [0.25, 0.3) is 0 Å². The molecule has 5 N–H and O–H groups in total. The Bertz CT molecular complexity index is 906. The minimum absolute atomic E-state index is 0.260. The number of nitrogens with two attached hydrogens (primary N) is 2. The molecule has 0 aromatic carbocycles. The van der Waals surface area contributed by atoms with Gasteiger partial charge in [-0.3, -0.25) is 9.89 Å². The van der Waals surface area contributed by atoms with E-state index in [4.69, 9.17) is 16.5 Å². The Morgan fingerprint density at radius 2 is 1.94 bits per heavy atom. The fourth-order valence-electron chi connectivity index (χ4n) is 4.91. The van der Waals surface area contributed by atoms with E-state index in [1.807, 2.05) is 17.2 Å². The SMILES string of the molecule is C=N/C=C1/N=C(N)N(C2(CN)CCCCC2)/C1=N/CNc1ccc(N2CCN(C)CC2)cn1. The molecule has 1 saturated heterocycles. The van der Waals surface area contributed by atoms with Gasteiger partial charge in [-0.25, -0.2) is 15.0 Å². The topological polar surface area (TPSA) is 124 Å². The van der Waals surface area contributed by atoms with E-state index in [2.05, 4.69) is 49.9 Å². The summed E-state index contributed by atoms with van der Waals surface area (Å²) in [4.78, 5) is 24.5. The Morgan fingerprint density at radius 1 is 1.18 bits per heavy atom. The standard InChI is InChI=1S/C23H36N10/c1-26-15-19-21(33(22(25)30-19)23(16-24)8-4-3-5-9-23)29-17-28-20-7-6-18(14-27-20)32-12-10-31(2)11-13-32/h6-7,14-15H,1,3-5,8-13,16-17,24H2,2H3,(H2,25,30)(H,27,28)/b19-15+,29-21+. The number of nitrogens with zero attached hydrogens (tertiary/aromatic N) is 7. The van der Waals surface area contributed by atoms with E-state index in [-0.39, 0.29) is 5.54 Å². The maximum atomic E-state index is 6.36. The molecule has 33 heavy (non-hydrogen) atoms. The third-order valence-corrected chi connectivity index (χ3v) is 6.86. The van der Waals surface area contributed by atoms with E-state index in [1.165, 1.54) is 6.42 Å². The van der Waals surface area contributed by atoms with E-state index in [0.29, 0.717) is 30.7 Å². The molecule has 0 radical (unpaired) electrons. The average molecular weight is 453 g/mol. The van der Waals surface area contributed by atoms with Crippen LogP contribution in [0.2, 0.25) is 0 Å². The summed E-state index contributed by atoms with van der Waals surface area (Å²) in [6.45, 7) is 8.58. The summed E-state index contributed by atoms with van der Waals surface area (Å²) in [5, 5.41) is 3.29. The van der Waals surface area contributed by atoms with Crippen LogP contribution in [0.1, 0.15) is 32.1 Å². The van der Waals surface area contributed by atoms with Gasteiger partial charge in [-0.15, -0.1) is 0 Å². The van der Waals surface area contributed by atoms with Gasteiger partial charge in [0.25, 0.3) is 0 Å². The van der Waals surface area contributed by atoms with Crippen LogP contribution in [0.5, 0.6) is 0 Å². The van der Waals surface area contributed by atoms with Crippen molar-refractivity contribution in [2.24, 2.45) is 26.4 Å². The molecule has 3 aliphatic rings. The third-order valence-electron chi connectivity index (χ3n) is 6.86. The fourth-order valence-corrected chi connectivity index (χ4v) is 4.91. The summed E-state index contributed by atoms with van der Waals surface area (Å²) in [6.07, 6.45) is 8.91. The van der Waals surface area contributed by atoms with Crippen molar-refractivity contribution in [2.75, 3.05) is 56.7 Å². The zero-order valence-electron chi connectivity index (χ0n) is 19.6. The zero-order valence-corrected chi connectivity index (χ0v) is 19.6. The second kappa shape index (κ2) is 10.3. The lowest BCUT2D eigenvalue weighted by Gasteiger charge is -2.44. The number of anilines is 2. The van der Waals surface area contributed by atoms with Gasteiger partial charge in [-0.05, 0) is 38.7 Å². The van der Waals surface area contributed by atoms with Crippen molar-refractivity contribution >= 4 is 30.0 Å². The van der Waals surface area contributed by atoms with Crippen LogP contribution in [-0.2, 0) is 0 Å². The molecule has 0 unspecified atom stereocenters. The van der Waals surface area contributed by atoms with Gasteiger partial charge in [-0.1, -0.05) is 19.3 Å². The van der Waals surface area contributed by atoms with Gasteiger partial charge in [-0.2, -0.15) is 0 Å². The fraction of sp³-hybridized carbons (Fsp3) is 0.565. The van der Waals surface area contributed by atoms with Crippen LogP contribution in [0, 0.1) is 0 Å². The van der Waals surface area contributed by atoms with Crippen molar-refractivity contribution in [3.05, 3.63) is 30.2 Å². The number of amidine groups is 1. The molecular weight excluding hydrogens is 416 g/mol. The van der Waals surface area contributed by atoms with Crippen LogP contribution >= 0.6 is 0 Å². The molecule has 10 heteroatoms. The molecule has 0 amide bonds. The summed E-state index contributed by atoms with van der Waals surface area (Å²) >= 11 is 0. The minimum atomic E-state index is -0.260. The first-order chi connectivity index (χ1) is 16.1. The molecule has 1 aliphatic carbocycles. The second-order valence-electron chi connectivity index (χ2n) is 9.00. The molecule has 0 atom stereocenters. The maximum absolute atomic E-state index is 6.36. The van der Waals surface area contributed by atoms with E-state index in [9.17, 15) is 0 Å². The molecule has 1 aromatic heterocycles. The number of nitrogens with one attached hydrogen (secondary N) is 1. The lowest BCUT2D eigenvalue weighted by Crippen LogP contribution is -2.59. The number of piperazine rings is 1. The van der Waals surface area contributed by atoms with Gasteiger partial charge in [0.05, 0.1) is 23.6 Å². The van der Waals surface area contributed by atoms with Gasteiger partial charge in [0, 0.05) is 32.7 Å². The van der Waals surface area contributed by atoms with Crippen LogP contribution in [0.15, 0.2) is 45.2 Å². The highest BCUT2D eigenvalue weighted by molar-refractivity contribution is 6.14. The van der Waals surface area contributed by atoms with E-state index >= 15 is 0 Å². The van der Waals surface area contributed by atoms with Crippen molar-refractivity contribution in [3.63, 3.8) is 0 Å². The number of aromatic nitrogens is 1. The van der Waals surface area contributed by atoms with Crippen LogP contribution in [0.4, 0.5) is 11.5 Å². The first kappa shape index (κ1) is 23.2. The predicted octanol–water partition coefficient (Wildman–Crippen LogP) is 1.44. The highest BCUT2D eigenvalue weighted by Gasteiger charge is 2.44. The first-order valence-electron chi connectivity index (χ1n) is 11.7. The third kappa shape index (κ3) is 5.01. The van der Waals surface area contributed by atoms with E-state index in [0.717, 1.165) is 63.4 Å². The lowest BCUT2D eigenvalue weighted by molar-refractivity contribution is 0.185. The molecule has 0 spiro atoms. The van der Waals surface area contributed by atoms with Gasteiger partial charge >= 0.3 is 0 Å². The Morgan fingerprint density at radius 3 is 2.58 bits per heavy atom. The molecule has 4 rings (SSSR count). The molecular formula is C23H36N10. The Balaban J connectivity index is 1.47. The van der Waals surface area contributed by atoms with Crippen molar-refractivity contribution in [3.8, 4) is 0 Å². The van der Waals surface area contributed by atoms with Crippen molar-refractivity contribution < 1.29 is 0 Å². The van der Waals surface area contributed by atoms with Crippen molar-refractivity contribution in [2.45, 2.75) is 37.6 Å². The predicted molar refractivity (Wildman–Crippen MR) is 136 cm³/mol. The number of likely N-dealkylation sites (N-methyl/N-ethyl adjacent to an activating group) is 1. The number of hydrogen-bond donors (Lipinski definition) is 3. The van der Waals surface area contributed by atoms with Crippen LogP contribution < -0.4 is 21.7 Å². The number of rotatable bonds is 7. The minimum Gasteiger partial charge on any atom is -0.369 e. The van der Waals surface area contributed by atoms with Gasteiger partial charge in [0.1, 0.15) is 18.2 Å². The Kier molecular flexibility index (Phi) is 7.24. The lowest BCUT2D eigenvalue weighted by atomic mass is 9.80. The molecule has 1 aromatic rings. The summed E-state index contributed by atoms with van der Waals surface area (Å²) in [6, 6.07) is 4.10. The first-order valence-corrected chi connectivity index (χ1v) is 11.7. The number of hydrogen-bond acceptors (Lipinski definition) is 9. The number of guanidine groups is 1. The second-order valence-corrected chi connectivity index (χ2v) is 9.00. The molecule has 1 saturated carbocycles. The van der Waals surface area contributed by atoms with Crippen molar-refractivity contribution in [1.82, 2.24) is 14.8 Å². The average Bonchev–Trinajstić information content (AvgIpc) is 3.16. The zero-order chi connectivity index (χ0) is 23.3. The molecule has 2 aliphatic heterocycles. The van der Waals surface area contributed by atoms with Crippen LogP contribution in [-0.4, -0.2) is 85.3 Å². The highest BCUT2D eigenvalue weighted by Crippen LogP contribution is 2.36. The molecule has 10 nitrogen and oxygen atoms in total. The summed E-state index contributed by atoms with van der Waals surface area (Å²) < 4.78 is 0. The maximum Gasteiger partial charge on any atom is 0.203 e. The molecule has 0 bridgehead atoms. The smallest absolute Gasteiger partial charge is 0.203 e. The Labute approximate surface area is 196 Å². The summed E-state index contributed by atoms with van der Waals surface area (Å²) in [5.41, 5.74) is 14.1. The van der Waals surface area contributed by atoms with Gasteiger partial charge in [0.2, 0.25) is 5.96 Å². The highest BCUT2D eigenvalue weighted by atomic mass is 15.4. The van der Waals surface area contributed by atoms with Crippen molar-refractivity contribution in [1.29, 1.82) is 0 Å². The number of aliphatic imine (C=N–C) groups is 3. The van der Waals surface area contributed by atoms with E-state index in [1.54, 1.807) is 6.20 Å². The van der Waals surface area contributed by atoms with Gasteiger partial charge < -0.3 is 26.6 Å². The normalized spacial score (nSPS) is 23.8. The monoisotopic (exact) mass is 452 g/mol. The molecule has 3 heterocycles. The van der Waals surface area contributed by atoms with Gasteiger partial charge in [0.15, 0.2) is 5.84 Å². The van der Waals surface area contributed by atoms with Crippen LogP contribution in [0.3, 0.4) is 0 Å². The van der Waals surface area contributed by atoms with E-state index < -0.39 is 0 Å². The summed E-state index contributed by atoms with van der Waals surface area (Å²) in [7, 11) is 2.16. The summed E-state index contributed by atoms with van der Waals surface area (Å²) in [5.74, 6) is 1.88. The molecule has 178 valence electrons.